The lowest BCUT2D eigenvalue weighted by Gasteiger charge is -2.17. The van der Waals surface area contributed by atoms with Crippen LogP contribution in [0.3, 0.4) is 0 Å². The number of nitrogens with zero attached hydrogens (tertiary/aromatic N) is 3. The molecule has 0 atom stereocenters. The van der Waals surface area contributed by atoms with E-state index in [0.717, 1.165) is 55.9 Å². The van der Waals surface area contributed by atoms with Gasteiger partial charge in [-0.3, -0.25) is 0 Å². The van der Waals surface area contributed by atoms with Crippen LogP contribution in [-0.2, 0) is 0 Å². The fourth-order valence-corrected chi connectivity index (χ4v) is 8.49. The van der Waals surface area contributed by atoms with Gasteiger partial charge in [0.25, 0.3) is 0 Å². The van der Waals surface area contributed by atoms with Crippen LogP contribution in [-0.4, -0.2) is 14.5 Å². The van der Waals surface area contributed by atoms with Crippen molar-refractivity contribution in [2.75, 3.05) is 0 Å². The summed E-state index contributed by atoms with van der Waals surface area (Å²) in [5, 5.41) is 7.37. The Hall–Kier alpha value is -7.62. The molecule has 266 valence electrons. The summed E-state index contributed by atoms with van der Waals surface area (Å²) in [5.74, 6) is 0.688. The summed E-state index contributed by atoms with van der Waals surface area (Å²) in [6.45, 7) is 0. The predicted octanol–water partition coefficient (Wildman–Crippen LogP) is 14.2. The minimum Gasteiger partial charge on any atom is -0.309 e. The summed E-state index contributed by atoms with van der Waals surface area (Å²) in [6, 6.07) is 75.8. The minimum atomic E-state index is 0.688. The number of benzene rings is 9. The van der Waals surface area contributed by atoms with Gasteiger partial charge in [-0.15, -0.1) is 0 Å². The summed E-state index contributed by atoms with van der Waals surface area (Å²) in [5.41, 5.74) is 12.8. The molecule has 0 N–H and O–H groups in total. The molecule has 57 heavy (non-hydrogen) atoms. The molecule has 0 saturated carbocycles. The summed E-state index contributed by atoms with van der Waals surface area (Å²) in [4.78, 5) is 10.6. The van der Waals surface area contributed by atoms with E-state index in [1.54, 1.807) is 0 Å². The van der Waals surface area contributed by atoms with E-state index in [2.05, 4.69) is 199 Å². The number of hydrogen-bond donors (Lipinski definition) is 0. The number of para-hydroxylation sites is 2. The van der Waals surface area contributed by atoms with Crippen LogP contribution in [0, 0.1) is 0 Å². The van der Waals surface area contributed by atoms with Crippen LogP contribution in [0.5, 0.6) is 0 Å². The summed E-state index contributed by atoms with van der Waals surface area (Å²) >= 11 is 0. The molecule has 11 aromatic rings. The lowest BCUT2D eigenvalue weighted by Crippen LogP contribution is -1.99. The summed E-state index contributed by atoms with van der Waals surface area (Å²) < 4.78 is 2.41. The molecule has 0 radical (unpaired) electrons. The number of rotatable bonds is 6. The van der Waals surface area contributed by atoms with E-state index >= 15 is 0 Å². The van der Waals surface area contributed by atoms with Crippen molar-refractivity contribution in [3.8, 4) is 61.8 Å². The largest absolute Gasteiger partial charge is 0.309 e. The molecule has 2 aromatic heterocycles. The van der Waals surface area contributed by atoms with E-state index in [1.165, 1.54) is 43.4 Å². The Bertz CT molecular complexity index is 3240. The van der Waals surface area contributed by atoms with Crippen molar-refractivity contribution < 1.29 is 0 Å². The van der Waals surface area contributed by atoms with E-state index in [0.29, 0.717) is 5.82 Å². The predicted molar refractivity (Wildman–Crippen MR) is 239 cm³/mol. The van der Waals surface area contributed by atoms with Crippen molar-refractivity contribution in [1.29, 1.82) is 0 Å². The molecule has 0 aliphatic heterocycles. The van der Waals surface area contributed by atoms with Crippen LogP contribution in [0.15, 0.2) is 212 Å². The number of fused-ring (bicyclic) bond motifs is 6. The number of hydrogen-bond acceptors (Lipinski definition) is 2. The highest BCUT2D eigenvalue weighted by Gasteiger charge is 2.18. The highest BCUT2D eigenvalue weighted by Crippen LogP contribution is 2.40. The monoisotopic (exact) mass is 725 g/mol. The second kappa shape index (κ2) is 13.6. The van der Waals surface area contributed by atoms with Crippen LogP contribution in [0.2, 0.25) is 0 Å². The standard InChI is InChI=1S/C54H35N3/c1-3-16-36(17-4-1)38-21-15-22-40(30-38)50-35-51(56-54(55-50)37-18-5-2-6-19-37)42-31-41(49-34-39-20-7-8-23-44(39)45-24-9-10-25-46(45)49)32-43(33-42)57-52-28-13-11-26-47(52)48-27-12-14-29-53(48)57/h1-35H. The van der Waals surface area contributed by atoms with Gasteiger partial charge in [0.15, 0.2) is 5.82 Å². The highest BCUT2D eigenvalue weighted by atomic mass is 15.0. The lowest BCUT2D eigenvalue weighted by atomic mass is 9.91. The first-order valence-electron chi connectivity index (χ1n) is 19.4. The van der Waals surface area contributed by atoms with Crippen molar-refractivity contribution in [2.45, 2.75) is 0 Å². The molecule has 3 nitrogen and oxygen atoms in total. The molecular formula is C54H35N3. The van der Waals surface area contributed by atoms with E-state index < -0.39 is 0 Å². The van der Waals surface area contributed by atoms with E-state index in [1.807, 2.05) is 18.2 Å². The zero-order chi connectivity index (χ0) is 37.7. The van der Waals surface area contributed by atoms with Gasteiger partial charge in [-0.1, -0.05) is 164 Å². The van der Waals surface area contributed by atoms with Crippen LogP contribution in [0.1, 0.15) is 0 Å². The van der Waals surface area contributed by atoms with Gasteiger partial charge in [0.2, 0.25) is 0 Å². The van der Waals surface area contributed by atoms with Crippen LogP contribution < -0.4 is 0 Å². The lowest BCUT2D eigenvalue weighted by molar-refractivity contribution is 1.16. The normalized spacial score (nSPS) is 11.5. The quantitative estimate of drug-likeness (QED) is 0.160. The third kappa shape index (κ3) is 5.76. The van der Waals surface area contributed by atoms with E-state index in [-0.39, 0.29) is 0 Å². The first kappa shape index (κ1) is 32.8. The molecule has 0 unspecified atom stereocenters. The van der Waals surface area contributed by atoms with Gasteiger partial charge in [0.05, 0.1) is 22.4 Å². The molecule has 0 fully saturated rings. The Labute approximate surface area is 330 Å². The van der Waals surface area contributed by atoms with Crippen molar-refractivity contribution in [1.82, 2.24) is 14.5 Å². The smallest absolute Gasteiger partial charge is 0.160 e. The molecule has 11 rings (SSSR count). The maximum Gasteiger partial charge on any atom is 0.160 e. The van der Waals surface area contributed by atoms with Gasteiger partial charge >= 0.3 is 0 Å². The van der Waals surface area contributed by atoms with Gasteiger partial charge in [-0.2, -0.15) is 0 Å². The number of aromatic nitrogens is 3. The van der Waals surface area contributed by atoms with Gasteiger partial charge in [0.1, 0.15) is 0 Å². The van der Waals surface area contributed by atoms with Crippen LogP contribution in [0.4, 0.5) is 0 Å². The Morgan fingerprint density at radius 2 is 0.807 bits per heavy atom. The highest BCUT2D eigenvalue weighted by molar-refractivity contribution is 6.14. The zero-order valence-electron chi connectivity index (χ0n) is 31.0. The SMILES string of the molecule is c1ccc(-c2cccc(-c3cc(-c4cc(-c5cc6ccccc6c6ccccc56)cc(-n5c6ccccc6c6ccccc65)c4)nc(-c4ccccc4)n3)c2)cc1. The molecule has 3 heteroatoms. The maximum atomic E-state index is 5.35. The second-order valence-electron chi connectivity index (χ2n) is 14.6. The van der Waals surface area contributed by atoms with Gasteiger partial charge < -0.3 is 4.57 Å². The van der Waals surface area contributed by atoms with Gasteiger partial charge in [-0.25, -0.2) is 9.97 Å². The third-order valence-corrected chi connectivity index (χ3v) is 11.2. The van der Waals surface area contributed by atoms with Gasteiger partial charge in [0, 0.05) is 33.2 Å². The Morgan fingerprint density at radius 1 is 0.298 bits per heavy atom. The molecule has 0 saturated heterocycles. The molecule has 0 bridgehead atoms. The molecule has 0 amide bonds. The Balaban J connectivity index is 1.20. The van der Waals surface area contributed by atoms with Crippen molar-refractivity contribution >= 4 is 43.4 Å². The van der Waals surface area contributed by atoms with Crippen LogP contribution >= 0.6 is 0 Å². The summed E-state index contributed by atoms with van der Waals surface area (Å²) in [7, 11) is 0. The third-order valence-electron chi connectivity index (χ3n) is 11.2. The molecular weight excluding hydrogens is 691 g/mol. The molecule has 0 aliphatic rings. The zero-order valence-corrected chi connectivity index (χ0v) is 31.0. The maximum absolute atomic E-state index is 5.35. The van der Waals surface area contributed by atoms with Crippen LogP contribution in [0.25, 0.3) is 105 Å². The molecule has 2 heterocycles. The van der Waals surface area contributed by atoms with Crippen molar-refractivity contribution in [2.24, 2.45) is 0 Å². The van der Waals surface area contributed by atoms with E-state index in [4.69, 9.17) is 9.97 Å². The fourth-order valence-electron chi connectivity index (χ4n) is 8.49. The molecule has 9 aromatic carbocycles. The first-order chi connectivity index (χ1) is 28.2. The Kier molecular flexibility index (Phi) is 7.82. The van der Waals surface area contributed by atoms with Crippen molar-refractivity contribution in [3.63, 3.8) is 0 Å². The fraction of sp³-hybridized carbons (Fsp3) is 0. The first-order valence-corrected chi connectivity index (χ1v) is 19.4. The van der Waals surface area contributed by atoms with Gasteiger partial charge in [-0.05, 0) is 92.3 Å². The summed E-state index contributed by atoms with van der Waals surface area (Å²) in [6.07, 6.45) is 0. The average Bonchev–Trinajstić information content (AvgIpc) is 3.63. The average molecular weight is 726 g/mol. The second-order valence-corrected chi connectivity index (χ2v) is 14.6. The molecule has 0 spiro atoms. The minimum absolute atomic E-state index is 0.688. The topological polar surface area (TPSA) is 30.7 Å². The van der Waals surface area contributed by atoms with Crippen molar-refractivity contribution in [3.05, 3.63) is 212 Å². The molecule has 0 aliphatic carbocycles. The Morgan fingerprint density at radius 3 is 1.53 bits per heavy atom. The van der Waals surface area contributed by atoms with E-state index in [9.17, 15) is 0 Å².